The molecule has 0 rings (SSSR count). The van der Waals surface area contributed by atoms with Crippen LogP contribution in [0, 0.1) is 0 Å². The Kier molecular flexibility index (Phi) is 6.14. The summed E-state index contributed by atoms with van der Waals surface area (Å²) in [6.07, 6.45) is 0.575. The van der Waals surface area contributed by atoms with Crippen LogP contribution < -0.4 is 5.32 Å². The highest BCUT2D eigenvalue weighted by Gasteiger charge is 2.16. The van der Waals surface area contributed by atoms with Crippen LogP contribution in [0.5, 0.6) is 0 Å². The summed E-state index contributed by atoms with van der Waals surface area (Å²) >= 11 is 0. The molecule has 0 saturated carbocycles. The molecule has 0 heterocycles. The van der Waals surface area contributed by atoms with Gasteiger partial charge in [0.25, 0.3) is 0 Å². The number of alkyl carbamates (subject to hydrolysis) is 1. The van der Waals surface area contributed by atoms with Gasteiger partial charge in [0.2, 0.25) is 0 Å². The molecule has 0 atom stereocenters. The van der Waals surface area contributed by atoms with Gasteiger partial charge in [-0.25, -0.2) is 4.79 Å². The van der Waals surface area contributed by atoms with Crippen molar-refractivity contribution >= 4 is 13.2 Å². The maximum atomic E-state index is 11.2. The maximum Gasteiger partial charge on any atom is 0.483 e. The molecule has 0 aromatic carbocycles. The zero-order chi connectivity index (χ0) is 12.8. The lowest BCUT2D eigenvalue weighted by Crippen LogP contribution is -2.33. The molecule has 0 aliphatic heterocycles. The molecule has 0 radical (unpaired) electrons. The molecular weight excluding hydrogens is 209 g/mol. The third-order valence-corrected chi connectivity index (χ3v) is 1.71. The van der Waals surface area contributed by atoms with E-state index < -0.39 is 18.8 Å². The maximum absolute atomic E-state index is 11.2. The van der Waals surface area contributed by atoms with E-state index in [9.17, 15) is 4.79 Å². The Balaban J connectivity index is 3.60. The van der Waals surface area contributed by atoms with Gasteiger partial charge in [-0.15, -0.1) is 6.58 Å². The number of rotatable bonds is 5. The van der Waals surface area contributed by atoms with E-state index in [0.717, 1.165) is 0 Å². The highest BCUT2D eigenvalue weighted by Crippen LogP contribution is 2.07. The number of carbonyl (C=O) groups is 1. The van der Waals surface area contributed by atoms with Crippen molar-refractivity contribution < 1.29 is 19.6 Å². The molecule has 0 unspecified atom stereocenters. The van der Waals surface area contributed by atoms with E-state index >= 15 is 0 Å². The lowest BCUT2D eigenvalue weighted by Gasteiger charge is -2.19. The van der Waals surface area contributed by atoms with Crippen molar-refractivity contribution in [2.24, 2.45) is 0 Å². The summed E-state index contributed by atoms with van der Waals surface area (Å²) in [6, 6.07) is 0. The van der Waals surface area contributed by atoms with E-state index in [1.807, 2.05) is 0 Å². The Morgan fingerprint density at radius 2 is 2.00 bits per heavy atom. The van der Waals surface area contributed by atoms with Gasteiger partial charge in [-0.1, -0.05) is 0 Å². The van der Waals surface area contributed by atoms with Crippen LogP contribution in [0.4, 0.5) is 4.79 Å². The first-order chi connectivity index (χ1) is 7.22. The van der Waals surface area contributed by atoms with Gasteiger partial charge in [0, 0.05) is 6.54 Å². The molecular formula is C10H20BNO4. The lowest BCUT2D eigenvalue weighted by atomic mass is 9.78. The quantitative estimate of drug-likeness (QED) is 0.482. The molecule has 0 bridgehead atoms. The average molecular weight is 229 g/mol. The van der Waals surface area contributed by atoms with Crippen molar-refractivity contribution in [2.75, 3.05) is 6.54 Å². The molecule has 0 aliphatic carbocycles. The van der Waals surface area contributed by atoms with Crippen molar-refractivity contribution in [1.29, 1.82) is 0 Å². The average Bonchev–Trinajstić information content (AvgIpc) is 2.08. The van der Waals surface area contributed by atoms with E-state index in [2.05, 4.69) is 11.9 Å². The van der Waals surface area contributed by atoms with Crippen LogP contribution in [0.15, 0.2) is 12.1 Å². The van der Waals surface area contributed by atoms with Crippen molar-refractivity contribution in [3.05, 3.63) is 12.1 Å². The van der Waals surface area contributed by atoms with E-state index in [1.54, 1.807) is 20.8 Å². The molecule has 0 aromatic heterocycles. The third-order valence-electron chi connectivity index (χ3n) is 1.71. The molecule has 92 valence electrons. The normalized spacial score (nSPS) is 10.8. The smallest absolute Gasteiger partial charge is 0.444 e. The zero-order valence-electron chi connectivity index (χ0n) is 10.1. The summed E-state index contributed by atoms with van der Waals surface area (Å²) < 4.78 is 5.02. The van der Waals surface area contributed by atoms with Gasteiger partial charge in [-0.3, -0.25) is 0 Å². The molecule has 1 amide bonds. The van der Waals surface area contributed by atoms with Gasteiger partial charge in [0.1, 0.15) is 5.60 Å². The van der Waals surface area contributed by atoms with Gasteiger partial charge in [-0.05, 0) is 39.1 Å². The topological polar surface area (TPSA) is 78.8 Å². The minimum atomic E-state index is -1.48. The van der Waals surface area contributed by atoms with Gasteiger partial charge in [0.15, 0.2) is 0 Å². The van der Waals surface area contributed by atoms with E-state index in [0.29, 0.717) is 24.9 Å². The lowest BCUT2D eigenvalue weighted by molar-refractivity contribution is 0.0527. The highest BCUT2D eigenvalue weighted by molar-refractivity contribution is 6.50. The van der Waals surface area contributed by atoms with Gasteiger partial charge < -0.3 is 20.1 Å². The third kappa shape index (κ3) is 8.32. The Morgan fingerprint density at radius 1 is 1.44 bits per heavy atom. The summed E-state index contributed by atoms with van der Waals surface area (Å²) in [5, 5.41) is 20.0. The molecule has 16 heavy (non-hydrogen) atoms. The van der Waals surface area contributed by atoms with Crippen LogP contribution in [0.25, 0.3) is 0 Å². The standard InChI is InChI=1S/C10H20BNO4/c1-8(11(14)15)6-5-7-12-9(13)16-10(2,3)4/h14-15H,1,5-7H2,2-4H3,(H,12,13). The van der Waals surface area contributed by atoms with Crippen molar-refractivity contribution in [3.63, 3.8) is 0 Å². The van der Waals surface area contributed by atoms with Crippen molar-refractivity contribution in [1.82, 2.24) is 5.32 Å². The molecule has 3 N–H and O–H groups in total. The van der Waals surface area contributed by atoms with Crippen molar-refractivity contribution in [3.8, 4) is 0 Å². The summed E-state index contributed by atoms with van der Waals surface area (Å²) in [5.74, 6) is 0. The highest BCUT2D eigenvalue weighted by atomic mass is 16.6. The van der Waals surface area contributed by atoms with Crippen LogP contribution >= 0.6 is 0 Å². The minimum Gasteiger partial charge on any atom is -0.444 e. The van der Waals surface area contributed by atoms with Gasteiger partial charge >= 0.3 is 13.2 Å². The predicted molar refractivity (Wildman–Crippen MR) is 62.8 cm³/mol. The molecule has 0 aromatic rings. The SMILES string of the molecule is C=C(CCCNC(=O)OC(C)(C)C)B(O)O. The number of ether oxygens (including phenoxy) is 1. The number of hydrogen-bond donors (Lipinski definition) is 3. The fraction of sp³-hybridized carbons (Fsp3) is 0.700. The number of hydrogen-bond acceptors (Lipinski definition) is 4. The second-order valence-corrected chi connectivity index (χ2v) is 4.56. The second kappa shape index (κ2) is 6.55. The van der Waals surface area contributed by atoms with E-state index in [4.69, 9.17) is 14.8 Å². The van der Waals surface area contributed by atoms with E-state index in [-0.39, 0.29) is 0 Å². The molecule has 0 aliphatic rings. The van der Waals surface area contributed by atoms with Gasteiger partial charge in [0.05, 0.1) is 0 Å². The van der Waals surface area contributed by atoms with Crippen LogP contribution in [0.3, 0.4) is 0 Å². The molecule has 6 heteroatoms. The number of amides is 1. The Bertz CT molecular complexity index is 248. The van der Waals surface area contributed by atoms with E-state index in [1.165, 1.54) is 0 Å². The Hall–Kier alpha value is -1.01. The molecule has 0 saturated heterocycles. The first kappa shape index (κ1) is 15.0. The molecule has 0 fully saturated rings. The first-order valence-corrected chi connectivity index (χ1v) is 5.23. The van der Waals surface area contributed by atoms with Crippen molar-refractivity contribution in [2.45, 2.75) is 39.2 Å². The van der Waals surface area contributed by atoms with Crippen LogP contribution in [-0.2, 0) is 4.74 Å². The predicted octanol–water partition coefficient (Wildman–Crippen LogP) is 0.859. The van der Waals surface area contributed by atoms with Crippen LogP contribution in [0.2, 0.25) is 0 Å². The summed E-state index contributed by atoms with van der Waals surface area (Å²) in [5.41, 5.74) is -0.166. The fourth-order valence-electron chi connectivity index (χ4n) is 0.949. The number of allylic oxidation sites excluding steroid dienone is 1. The minimum absolute atomic E-state index is 0.339. The first-order valence-electron chi connectivity index (χ1n) is 5.23. The summed E-state index contributed by atoms with van der Waals surface area (Å²) in [7, 11) is -1.48. The van der Waals surface area contributed by atoms with Crippen LogP contribution in [-0.4, -0.2) is 35.4 Å². The summed E-state index contributed by atoms with van der Waals surface area (Å²) in [4.78, 5) is 11.2. The number of nitrogens with one attached hydrogen (secondary N) is 1. The molecule has 0 spiro atoms. The summed E-state index contributed by atoms with van der Waals surface area (Å²) in [6.45, 7) is 9.27. The number of carbonyl (C=O) groups excluding carboxylic acids is 1. The van der Waals surface area contributed by atoms with Gasteiger partial charge in [-0.2, -0.15) is 0 Å². The molecule has 5 nitrogen and oxygen atoms in total. The largest absolute Gasteiger partial charge is 0.483 e. The Labute approximate surface area is 96.6 Å². The van der Waals surface area contributed by atoms with Crippen LogP contribution in [0.1, 0.15) is 33.6 Å². The zero-order valence-corrected chi connectivity index (χ0v) is 10.1. The monoisotopic (exact) mass is 229 g/mol. The Morgan fingerprint density at radius 3 is 2.44 bits per heavy atom. The fourth-order valence-corrected chi connectivity index (χ4v) is 0.949. The second-order valence-electron chi connectivity index (χ2n) is 4.56.